The molecule has 0 saturated carbocycles. The number of nitrogens with two attached hydrogens (primary N) is 1. The van der Waals surface area contributed by atoms with Crippen molar-refractivity contribution in [2.24, 2.45) is 0 Å². The van der Waals surface area contributed by atoms with Crippen molar-refractivity contribution in [1.29, 1.82) is 0 Å². The van der Waals surface area contributed by atoms with E-state index in [2.05, 4.69) is 4.98 Å². The molecule has 3 rings (SSSR count). The molecule has 2 N–H and O–H groups in total. The van der Waals surface area contributed by atoms with Gasteiger partial charge < -0.3 is 10.2 Å². The van der Waals surface area contributed by atoms with Gasteiger partial charge in [0, 0.05) is 0 Å². The summed E-state index contributed by atoms with van der Waals surface area (Å²) in [6.07, 6.45) is 0. The van der Waals surface area contributed by atoms with Gasteiger partial charge in [0.1, 0.15) is 11.4 Å². The topological polar surface area (TPSA) is 69.1 Å². The van der Waals surface area contributed by atoms with Gasteiger partial charge in [-0.3, -0.25) is 4.79 Å². The lowest BCUT2D eigenvalue weighted by atomic mass is 10.2. The Hall–Kier alpha value is -2.36. The molecule has 0 radical (unpaired) electrons. The fourth-order valence-electron chi connectivity index (χ4n) is 1.70. The molecule has 0 fully saturated rings. The summed E-state index contributed by atoms with van der Waals surface area (Å²) in [5.41, 5.74) is 6.69. The zero-order valence-electron chi connectivity index (χ0n) is 8.31. The Morgan fingerprint density at radius 3 is 2.75 bits per heavy atom. The predicted octanol–water partition coefficient (Wildman–Crippen LogP) is 1.92. The number of para-hydroxylation sites is 1. The number of pyridine rings is 1. The number of hydrogen-bond acceptors (Lipinski definition) is 4. The van der Waals surface area contributed by atoms with Gasteiger partial charge in [0.05, 0.1) is 5.39 Å². The summed E-state index contributed by atoms with van der Waals surface area (Å²) in [5.74, 6) is 0.315. The molecule has 0 aliphatic heterocycles. The summed E-state index contributed by atoms with van der Waals surface area (Å²) in [5, 5.41) is 0.521. The van der Waals surface area contributed by atoms with Crippen molar-refractivity contribution < 1.29 is 4.42 Å². The van der Waals surface area contributed by atoms with Gasteiger partial charge in [0.2, 0.25) is 5.43 Å². The molecule has 1 aromatic carbocycles. The van der Waals surface area contributed by atoms with Crippen molar-refractivity contribution >= 4 is 27.9 Å². The molecule has 0 amide bonds. The molecule has 4 nitrogen and oxygen atoms in total. The average Bonchev–Trinajstić information content (AvgIpc) is 2.31. The lowest BCUT2D eigenvalue weighted by Gasteiger charge is -2.00. The van der Waals surface area contributed by atoms with Gasteiger partial charge >= 0.3 is 0 Å². The second-order valence-corrected chi connectivity index (χ2v) is 3.51. The minimum Gasteiger partial charge on any atom is -0.454 e. The highest BCUT2D eigenvalue weighted by atomic mass is 16.3. The minimum atomic E-state index is -0.149. The number of nitrogen functional groups attached to an aromatic ring is 1. The molecule has 0 aliphatic carbocycles. The smallest absolute Gasteiger partial charge is 0.219 e. The van der Waals surface area contributed by atoms with E-state index in [0.29, 0.717) is 22.4 Å². The number of hydrogen-bond donors (Lipinski definition) is 1. The quantitative estimate of drug-likeness (QED) is 0.578. The van der Waals surface area contributed by atoms with E-state index < -0.39 is 0 Å². The predicted molar refractivity (Wildman–Crippen MR) is 62.2 cm³/mol. The maximum absolute atomic E-state index is 12.1. The largest absolute Gasteiger partial charge is 0.454 e. The first kappa shape index (κ1) is 8.91. The first-order chi connectivity index (χ1) is 7.75. The molecular formula is C12H8N2O2. The third kappa shape index (κ3) is 1.16. The van der Waals surface area contributed by atoms with Crippen molar-refractivity contribution in [1.82, 2.24) is 4.98 Å². The van der Waals surface area contributed by atoms with E-state index >= 15 is 0 Å². The van der Waals surface area contributed by atoms with Gasteiger partial charge in [-0.25, -0.2) is 4.98 Å². The SMILES string of the molecule is Nc1ccc2oc3ccccc3c(=O)c2n1. The van der Waals surface area contributed by atoms with Crippen molar-refractivity contribution in [3.8, 4) is 0 Å². The number of anilines is 1. The Bertz CT molecular complexity index is 747. The molecular weight excluding hydrogens is 204 g/mol. The van der Waals surface area contributed by atoms with E-state index in [9.17, 15) is 4.79 Å². The van der Waals surface area contributed by atoms with Gasteiger partial charge in [-0.1, -0.05) is 12.1 Å². The summed E-state index contributed by atoms with van der Waals surface area (Å²) >= 11 is 0. The molecule has 0 spiro atoms. The number of fused-ring (bicyclic) bond motifs is 2. The zero-order chi connectivity index (χ0) is 11.1. The number of rotatable bonds is 0. The number of nitrogens with zero attached hydrogens (tertiary/aromatic N) is 1. The van der Waals surface area contributed by atoms with Gasteiger partial charge in [-0.05, 0) is 24.3 Å². The van der Waals surface area contributed by atoms with E-state index in [4.69, 9.17) is 10.2 Å². The fourth-order valence-corrected chi connectivity index (χ4v) is 1.70. The number of aromatic nitrogens is 1. The molecule has 3 aromatic rings. The monoisotopic (exact) mass is 212 g/mol. The summed E-state index contributed by atoms with van der Waals surface area (Å²) in [6.45, 7) is 0. The third-order valence-corrected chi connectivity index (χ3v) is 2.45. The molecule has 0 bridgehead atoms. The summed E-state index contributed by atoms with van der Waals surface area (Å²) in [6, 6.07) is 10.3. The Kier molecular flexibility index (Phi) is 1.71. The maximum atomic E-state index is 12.1. The van der Waals surface area contributed by atoms with Crippen LogP contribution in [-0.2, 0) is 0 Å². The van der Waals surface area contributed by atoms with Crippen LogP contribution in [0.25, 0.3) is 22.1 Å². The fraction of sp³-hybridized carbons (Fsp3) is 0. The van der Waals surface area contributed by atoms with Crippen LogP contribution in [0.5, 0.6) is 0 Å². The molecule has 2 aromatic heterocycles. The van der Waals surface area contributed by atoms with Crippen LogP contribution in [0.15, 0.2) is 45.6 Å². The van der Waals surface area contributed by atoms with E-state index in [0.717, 1.165) is 0 Å². The van der Waals surface area contributed by atoms with E-state index in [1.807, 2.05) is 6.07 Å². The number of benzene rings is 1. The van der Waals surface area contributed by atoms with E-state index in [1.54, 1.807) is 30.3 Å². The Labute approximate surface area is 90.3 Å². The average molecular weight is 212 g/mol. The first-order valence-electron chi connectivity index (χ1n) is 4.84. The Morgan fingerprint density at radius 2 is 1.88 bits per heavy atom. The molecule has 0 saturated heterocycles. The van der Waals surface area contributed by atoms with Crippen LogP contribution >= 0.6 is 0 Å². The second-order valence-electron chi connectivity index (χ2n) is 3.51. The highest BCUT2D eigenvalue weighted by molar-refractivity contribution is 5.87. The summed E-state index contributed by atoms with van der Waals surface area (Å²) < 4.78 is 5.56. The van der Waals surface area contributed by atoms with Gasteiger partial charge in [0.25, 0.3) is 0 Å². The van der Waals surface area contributed by atoms with Crippen molar-refractivity contribution in [2.75, 3.05) is 5.73 Å². The van der Waals surface area contributed by atoms with Gasteiger partial charge in [0.15, 0.2) is 11.1 Å². The van der Waals surface area contributed by atoms with E-state index in [-0.39, 0.29) is 10.9 Å². The maximum Gasteiger partial charge on any atom is 0.219 e. The standard InChI is InChI=1S/C12H8N2O2/c13-10-6-5-9-11(14-10)12(15)7-3-1-2-4-8(7)16-9/h1-6H,(H2,13,14). The van der Waals surface area contributed by atoms with Crippen LogP contribution in [0.2, 0.25) is 0 Å². The molecule has 16 heavy (non-hydrogen) atoms. The molecule has 0 aliphatic rings. The third-order valence-electron chi connectivity index (χ3n) is 2.45. The van der Waals surface area contributed by atoms with Crippen LogP contribution in [0.3, 0.4) is 0 Å². The second kappa shape index (κ2) is 3.06. The Balaban J connectivity index is 2.61. The van der Waals surface area contributed by atoms with E-state index in [1.165, 1.54) is 0 Å². The lowest BCUT2D eigenvalue weighted by molar-refractivity contribution is 0.658. The van der Waals surface area contributed by atoms with Crippen molar-refractivity contribution in [2.45, 2.75) is 0 Å². The highest BCUT2D eigenvalue weighted by Gasteiger charge is 2.07. The van der Waals surface area contributed by atoms with Gasteiger partial charge in [-0.15, -0.1) is 0 Å². The van der Waals surface area contributed by atoms with Gasteiger partial charge in [-0.2, -0.15) is 0 Å². The normalized spacial score (nSPS) is 11.0. The minimum absolute atomic E-state index is 0.149. The molecule has 78 valence electrons. The van der Waals surface area contributed by atoms with Crippen molar-refractivity contribution in [3.63, 3.8) is 0 Å². The van der Waals surface area contributed by atoms with Crippen LogP contribution in [-0.4, -0.2) is 4.98 Å². The summed E-state index contributed by atoms with van der Waals surface area (Å²) in [7, 11) is 0. The molecule has 4 heteroatoms. The first-order valence-corrected chi connectivity index (χ1v) is 4.84. The van der Waals surface area contributed by atoms with Crippen molar-refractivity contribution in [3.05, 3.63) is 46.6 Å². The molecule has 2 heterocycles. The van der Waals surface area contributed by atoms with Crippen LogP contribution < -0.4 is 11.2 Å². The lowest BCUT2D eigenvalue weighted by Crippen LogP contribution is -2.05. The zero-order valence-corrected chi connectivity index (χ0v) is 8.31. The van der Waals surface area contributed by atoms with Crippen LogP contribution in [0.4, 0.5) is 5.82 Å². The van der Waals surface area contributed by atoms with Crippen LogP contribution in [0.1, 0.15) is 0 Å². The summed E-state index contributed by atoms with van der Waals surface area (Å²) in [4.78, 5) is 16.1. The molecule has 0 atom stereocenters. The van der Waals surface area contributed by atoms with Crippen LogP contribution in [0, 0.1) is 0 Å². The molecule has 0 unspecified atom stereocenters. The Morgan fingerprint density at radius 1 is 1.06 bits per heavy atom. The highest BCUT2D eigenvalue weighted by Crippen LogP contribution is 2.17.